The van der Waals surface area contributed by atoms with E-state index >= 15 is 0 Å². The third-order valence-electron chi connectivity index (χ3n) is 3.92. The summed E-state index contributed by atoms with van der Waals surface area (Å²) in [6.45, 7) is 8.68. The minimum absolute atomic E-state index is 0.864. The van der Waals surface area contributed by atoms with E-state index in [9.17, 15) is 0 Å². The average Bonchev–Trinajstić information content (AvgIpc) is 2.88. The first kappa shape index (κ1) is 15.8. The molecule has 0 aliphatic carbocycles. The first-order valence-corrected chi connectivity index (χ1v) is 8.87. The van der Waals surface area contributed by atoms with Crippen LogP contribution in [-0.4, -0.2) is 9.60 Å². The van der Waals surface area contributed by atoms with Gasteiger partial charge in [0, 0.05) is 16.7 Å². The van der Waals surface area contributed by atoms with Crippen molar-refractivity contribution in [2.75, 3.05) is 0 Å². The van der Waals surface area contributed by atoms with Crippen LogP contribution in [-0.2, 0) is 11.8 Å². The maximum absolute atomic E-state index is 4.64. The second-order valence-electron chi connectivity index (χ2n) is 5.00. The molecule has 20 heavy (non-hydrogen) atoms. The Morgan fingerprint density at radius 3 is 2.40 bits per heavy atom. The molecule has 2 heterocycles. The van der Waals surface area contributed by atoms with E-state index in [4.69, 9.17) is 0 Å². The van der Waals surface area contributed by atoms with Crippen LogP contribution in [0.4, 0.5) is 0 Å². The number of hydrogen-bond acceptors (Lipinski definition) is 1. The van der Waals surface area contributed by atoms with Crippen LogP contribution in [0.3, 0.4) is 0 Å². The van der Waals surface area contributed by atoms with E-state index in [1.54, 1.807) is 0 Å². The Balaban J connectivity index is 2.50. The van der Waals surface area contributed by atoms with E-state index in [1.165, 1.54) is 33.7 Å². The summed E-state index contributed by atoms with van der Waals surface area (Å²) in [5, 5.41) is 0.864. The van der Waals surface area contributed by atoms with Gasteiger partial charge in [-0.15, -0.1) is 0 Å². The molecule has 1 aromatic rings. The molecule has 0 spiro atoms. The van der Waals surface area contributed by atoms with E-state index in [1.807, 2.05) is 0 Å². The fraction of sp³-hybridized carbons (Fsp3) is 0.438. The van der Waals surface area contributed by atoms with E-state index in [0.717, 1.165) is 28.5 Å². The second kappa shape index (κ2) is 6.44. The van der Waals surface area contributed by atoms with Crippen molar-refractivity contribution >= 4 is 42.6 Å². The van der Waals surface area contributed by atoms with E-state index < -0.39 is 0 Å². The normalized spacial score (nSPS) is 17.3. The number of alkyl halides is 1. The molecule has 1 aromatic heterocycles. The molecule has 108 valence electrons. The van der Waals surface area contributed by atoms with E-state index in [0.29, 0.717) is 0 Å². The van der Waals surface area contributed by atoms with Crippen LogP contribution in [0, 0.1) is 6.92 Å². The van der Waals surface area contributed by atoms with Crippen LogP contribution in [0.25, 0.3) is 6.08 Å². The highest BCUT2D eigenvalue weighted by molar-refractivity contribution is 9.18. The van der Waals surface area contributed by atoms with Crippen molar-refractivity contribution in [3.63, 3.8) is 0 Å². The molecule has 0 amide bonds. The number of halogens is 2. The lowest BCUT2D eigenvalue weighted by atomic mass is 10.0. The van der Waals surface area contributed by atoms with Crippen LogP contribution < -0.4 is 0 Å². The molecular weight excluding hydrogens is 380 g/mol. The minimum Gasteiger partial charge on any atom is -0.358 e. The summed E-state index contributed by atoms with van der Waals surface area (Å²) < 4.78 is 0.959. The quantitative estimate of drug-likeness (QED) is 0.633. The van der Waals surface area contributed by atoms with Gasteiger partial charge in [-0.3, -0.25) is 0 Å². The third-order valence-corrected chi connectivity index (χ3v) is 5.25. The van der Waals surface area contributed by atoms with Gasteiger partial charge in [0.25, 0.3) is 0 Å². The molecule has 2 rings (SSSR count). The number of nitrogens with one attached hydrogen (secondary N) is 1. The lowest BCUT2D eigenvalue weighted by Crippen LogP contribution is -1.87. The first-order chi connectivity index (χ1) is 9.53. The standard InChI is InChI=1S/C16H20Br2N2/c1-5-11-9(3)13(19-15(11)8-17)7-14-12(6-2)10(4)16(18)20-14/h7,19H,5-6,8H2,1-4H3/b14-7-. The zero-order chi connectivity index (χ0) is 14.9. The highest BCUT2D eigenvalue weighted by atomic mass is 79.9. The van der Waals surface area contributed by atoms with Crippen molar-refractivity contribution in [1.82, 2.24) is 4.98 Å². The number of rotatable bonds is 4. The predicted octanol–water partition coefficient (Wildman–Crippen LogP) is 5.65. The number of aromatic amines is 1. The first-order valence-electron chi connectivity index (χ1n) is 6.96. The molecule has 0 aromatic carbocycles. The van der Waals surface area contributed by atoms with Crippen molar-refractivity contribution in [2.45, 2.75) is 45.9 Å². The van der Waals surface area contributed by atoms with Crippen molar-refractivity contribution in [3.05, 3.63) is 39.4 Å². The Morgan fingerprint density at radius 1 is 1.20 bits per heavy atom. The molecule has 0 saturated carbocycles. The summed E-state index contributed by atoms with van der Waals surface area (Å²) in [6, 6.07) is 0. The van der Waals surface area contributed by atoms with Crippen molar-refractivity contribution < 1.29 is 0 Å². The molecule has 0 unspecified atom stereocenters. The smallest absolute Gasteiger partial charge is 0.110 e. The van der Waals surface area contributed by atoms with Gasteiger partial charge in [0.05, 0.1) is 5.70 Å². The molecule has 1 aliphatic heterocycles. The van der Waals surface area contributed by atoms with Gasteiger partial charge in [0.15, 0.2) is 0 Å². The molecule has 0 radical (unpaired) electrons. The summed E-state index contributed by atoms with van der Waals surface area (Å²) in [7, 11) is 0. The topological polar surface area (TPSA) is 28.1 Å². The van der Waals surface area contributed by atoms with Crippen LogP contribution in [0.15, 0.2) is 21.8 Å². The SMILES string of the molecule is CCC1=C(C)C(Br)=N/C1=C\c1[nH]c(CBr)c(CC)c1C. The second-order valence-corrected chi connectivity index (χ2v) is 6.31. The molecule has 1 aliphatic rings. The number of hydrogen-bond donors (Lipinski definition) is 1. The van der Waals surface area contributed by atoms with Crippen LogP contribution in [0.5, 0.6) is 0 Å². The lowest BCUT2D eigenvalue weighted by Gasteiger charge is -2.02. The van der Waals surface area contributed by atoms with Crippen molar-refractivity contribution in [3.8, 4) is 0 Å². The van der Waals surface area contributed by atoms with Gasteiger partial charge in [-0.2, -0.15) is 0 Å². The summed E-state index contributed by atoms with van der Waals surface area (Å²) in [5.41, 5.74) is 8.84. The molecule has 0 bridgehead atoms. The Hall–Kier alpha value is -0.610. The van der Waals surface area contributed by atoms with Gasteiger partial charge in [-0.25, -0.2) is 4.99 Å². The summed E-state index contributed by atoms with van der Waals surface area (Å²) in [4.78, 5) is 8.16. The Labute approximate surface area is 137 Å². The average molecular weight is 400 g/mol. The third kappa shape index (κ3) is 2.73. The monoisotopic (exact) mass is 398 g/mol. The van der Waals surface area contributed by atoms with Gasteiger partial charge >= 0.3 is 0 Å². The maximum atomic E-state index is 4.64. The summed E-state index contributed by atoms with van der Waals surface area (Å²) >= 11 is 7.10. The molecule has 0 atom stereocenters. The predicted molar refractivity (Wildman–Crippen MR) is 94.9 cm³/mol. The number of aromatic nitrogens is 1. The van der Waals surface area contributed by atoms with E-state index in [-0.39, 0.29) is 0 Å². The number of aliphatic imine (C=N–C) groups is 1. The highest BCUT2D eigenvalue weighted by Crippen LogP contribution is 2.32. The number of nitrogens with zero attached hydrogens (tertiary/aromatic N) is 1. The largest absolute Gasteiger partial charge is 0.358 e. The van der Waals surface area contributed by atoms with Crippen LogP contribution >= 0.6 is 31.9 Å². The van der Waals surface area contributed by atoms with Gasteiger partial charge in [-0.1, -0.05) is 29.8 Å². The number of allylic oxidation sites excluding steroid dienone is 2. The Bertz CT molecular complexity index is 619. The molecule has 0 fully saturated rings. The van der Waals surface area contributed by atoms with Gasteiger partial charge < -0.3 is 4.98 Å². The van der Waals surface area contributed by atoms with Crippen molar-refractivity contribution in [2.24, 2.45) is 4.99 Å². The number of H-pyrrole nitrogens is 1. The summed E-state index contributed by atoms with van der Waals surface area (Å²) in [5.74, 6) is 0. The van der Waals surface area contributed by atoms with Crippen LogP contribution in [0.1, 0.15) is 49.7 Å². The van der Waals surface area contributed by atoms with Gasteiger partial charge in [-0.05, 0) is 71.0 Å². The van der Waals surface area contributed by atoms with Crippen LogP contribution in [0.2, 0.25) is 0 Å². The Morgan fingerprint density at radius 2 is 1.90 bits per heavy atom. The molecular formula is C16H20Br2N2. The summed E-state index contributed by atoms with van der Waals surface area (Å²) in [6.07, 6.45) is 4.23. The molecule has 1 N–H and O–H groups in total. The lowest BCUT2D eigenvalue weighted by molar-refractivity contribution is 1.08. The molecule has 2 nitrogen and oxygen atoms in total. The van der Waals surface area contributed by atoms with Crippen molar-refractivity contribution in [1.29, 1.82) is 0 Å². The molecule has 4 heteroatoms. The van der Waals surface area contributed by atoms with Gasteiger partial charge in [0.2, 0.25) is 0 Å². The zero-order valence-electron chi connectivity index (χ0n) is 12.4. The van der Waals surface area contributed by atoms with E-state index in [2.05, 4.69) is 75.6 Å². The molecule has 0 saturated heterocycles. The van der Waals surface area contributed by atoms with Gasteiger partial charge in [0.1, 0.15) is 4.62 Å². The minimum atomic E-state index is 0.864. The highest BCUT2D eigenvalue weighted by Gasteiger charge is 2.18. The fourth-order valence-electron chi connectivity index (χ4n) is 2.73. The fourth-order valence-corrected chi connectivity index (χ4v) is 3.64. The Kier molecular flexibility index (Phi) is 5.08. The zero-order valence-corrected chi connectivity index (χ0v) is 15.6. The maximum Gasteiger partial charge on any atom is 0.110 e.